The molecular formula is C30H31F13N2. The van der Waals surface area contributed by atoms with Gasteiger partial charge in [0, 0.05) is 10.8 Å². The monoisotopic (exact) mass is 666 g/mol. The zero-order valence-electron chi connectivity index (χ0n) is 23.8. The third kappa shape index (κ3) is 4.21. The molecule has 1 aromatic heterocycles. The van der Waals surface area contributed by atoms with E-state index in [1.54, 1.807) is 0 Å². The molecule has 1 aromatic rings. The van der Waals surface area contributed by atoms with E-state index in [0.29, 0.717) is 38.5 Å². The molecule has 8 fully saturated rings. The Hall–Kier alpha value is -1.83. The van der Waals surface area contributed by atoms with Crippen molar-refractivity contribution in [1.82, 2.24) is 9.97 Å². The lowest BCUT2D eigenvalue weighted by Gasteiger charge is -2.58. The van der Waals surface area contributed by atoms with Gasteiger partial charge in [0.2, 0.25) is 5.82 Å². The van der Waals surface area contributed by atoms with Gasteiger partial charge in [0.25, 0.3) is 0 Å². The van der Waals surface area contributed by atoms with Crippen LogP contribution in [0.2, 0.25) is 0 Å². The SMILES string of the molecule is FC(F)(F)C(F)(F)C(F)(F)C(F)(F)C(F)(F)C(F)(F)c1nc(C23CC4CC(CC(C4)C2)C3)cc(C23CC4CC(CC(C4)C2)C3)n1. The van der Waals surface area contributed by atoms with Crippen molar-refractivity contribution in [2.45, 2.75) is 124 Å². The van der Waals surface area contributed by atoms with Gasteiger partial charge in [-0.1, -0.05) is 0 Å². The summed E-state index contributed by atoms with van der Waals surface area (Å²) in [6, 6.07) is 1.47. The zero-order valence-corrected chi connectivity index (χ0v) is 23.8. The summed E-state index contributed by atoms with van der Waals surface area (Å²) in [5, 5.41) is 0. The maximum absolute atomic E-state index is 15.7. The Morgan fingerprint density at radius 1 is 0.444 bits per heavy atom. The summed E-state index contributed by atoms with van der Waals surface area (Å²) in [4.78, 5) is 7.33. The molecule has 2 nitrogen and oxygen atoms in total. The van der Waals surface area contributed by atoms with Crippen LogP contribution >= 0.6 is 0 Å². The van der Waals surface area contributed by atoms with Crippen LogP contribution in [0.4, 0.5) is 57.1 Å². The highest BCUT2D eigenvalue weighted by Crippen LogP contribution is 2.65. The van der Waals surface area contributed by atoms with Crippen molar-refractivity contribution in [1.29, 1.82) is 0 Å². The molecule has 1 heterocycles. The van der Waals surface area contributed by atoms with Crippen LogP contribution in [-0.4, -0.2) is 39.8 Å². The van der Waals surface area contributed by atoms with E-state index in [1.807, 2.05) is 0 Å². The van der Waals surface area contributed by atoms with Crippen molar-refractivity contribution in [3.63, 3.8) is 0 Å². The number of halogens is 13. The smallest absolute Gasteiger partial charge is 0.231 e. The van der Waals surface area contributed by atoms with Gasteiger partial charge >= 0.3 is 35.8 Å². The first-order valence-electron chi connectivity index (χ1n) is 15.4. The van der Waals surface area contributed by atoms with Crippen molar-refractivity contribution < 1.29 is 57.1 Å². The molecule has 8 bridgehead atoms. The van der Waals surface area contributed by atoms with E-state index in [2.05, 4.69) is 9.97 Å². The molecule has 252 valence electrons. The second-order valence-corrected chi connectivity index (χ2v) is 15.2. The maximum atomic E-state index is 15.7. The Morgan fingerprint density at radius 3 is 1.02 bits per heavy atom. The van der Waals surface area contributed by atoms with E-state index in [4.69, 9.17) is 0 Å². The van der Waals surface area contributed by atoms with E-state index in [-0.39, 0.29) is 46.9 Å². The van der Waals surface area contributed by atoms with Crippen LogP contribution in [0.5, 0.6) is 0 Å². The molecule has 0 spiro atoms. The number of hydrogen-bond donors (Lipinski definition) is 0. The van der Waals surface area contributed by atoms with Crippen LogP contribution in [0.15, 0.2) is 6.07 Å². The average molecular weight is 667 g/mol. The summed E-state index contributed by atoms with van der Waals surface area (Å²) in [5.41, 5.74) is -1.96. The lowest BCUT2D eigenvalue weighted by Crippen LogP contribution is -2.69. The van der Waals surface area contributed by atoms with Gasteiger partial charge in [0.15, 0.2) is 0 Å². The van der Waals surface area contributed by atoms with E-state index in [1.165, 1.54) is 6.07 Å². The maximum Gasteiger partial charge on any atom is 0.460 e. The average Bonchev–Trinajstić information content (AvgIpc) is 2.90. The molecule has 0 N–H and O–H groups in total. The second kappa shape index (κ2) is 9.19. The van der Waals surface area contributed by atoms with Crippen LogP contribution in [0, 0.1) is 35.5 Å². The minimum atomic E-state index is -7.95. The largest absolute Gasteiger partial charge is 0.460 e. The third-order valence-electron chi connectivity index (χ3n) is 12.1. The first kappa shape index (κ1) is 31.8. The first-order chi connectivity index (χ1) is 20.5. The Labute approximate surface area is 249 Å². The molecule has 8 aliphatic rings. The van der Waals surface area contributed by atoms with Gasteiger partial charge < -0.3 is 0 Å². The molecule has 0 aliphatic heterocycles. The molecule has 9 rings (SSSR count). The van der Waals surface area contributed by atoms with Crippen molar-refractivity contribution in [3.8, 4) is 0 Å². The molecule has 0 saturated heterocycles. The van der Waals surface area contributed by atoms with Gasteiger partial charge in [0.1, 0.15) is 0 Å². The van der Waals surface area contributed by atoms with Gasteiger partial charge in [-0.2, -0.15) is 57.1 Å². The second-order valence-electron chi connectivity index (χ2n) is 15.2. The van der Waals surface area contributed by atoms with Crippen molar-refractivity contribution in [3.05, 3.63) is 23.3 Å². The van der Waals surface area contributed by atoms with Crippen LogP contribution in [0.3, 0.4) is 0 Å². The minimum absolute atomic E-state index is 0.0940. The highest BCUT2D eigenvalue weighted by Gasteiger charge is 2.91. The van der Waals surface area contributed by atoms with Crippen LogP contribution in [-0.2, 0) is 16.8 Å². The van der Waals surface area contributed by atoms with Gasteiger partial charge in [0.05, 0.1) is 11.4 Å². The highest BCUT2D eigenvalue weighted by atomic mass is 19.4. The fraction of sp³-hybridized carbons (Fsp3) is 0.867. The summed E-state index contributed by atoms with van der Waals surface area (Å²) >= 11 is 0. The number of aromatic nitrogens is 2. The molecule has 15 heteroatoms. The fourth-order valence-electron chi connectivity index (χ4n) is 10.9. The van der Waals surface area contributed by atoms with Crippen LogP contribution in [0.1, 0.15) is 94.3 Å². The number of alkyl halides is 13. The molecule has 0 atom stereocenters. The predicted molar refractivity (Wildman–Crippen MR) is 131 cm³/mol. The summed E-state index contributed by atoms with van der Waals surface area (Å²) < 4.78 is 184. The van der Waals surface area contributed by atoms with Crippen molar-refractivity contribution in [2.75, 3.05) is 0 Å². The Bertz CT molecular complexity index is 1230. The number of rotatable bonds is 7. The standard InChI is InChI=1S/C30H31F13N2/c31-25(32,26(33,34)27(35,36)28(37,38)29(39,40)30(41,42)43)22-44-20(23-8-14-1-15(9-23)3-16(2-14)10-23)7-21(45-22)24-11-17-4-18(12-24)6-19(5-17)13-24/h7,14-19H,1-6,8-13H2. The van der Waals surface area contributed by atoms with Crippen LogP contribution in [0.25, 0.3) is 0 Å². The Morgan fingerprint density at radius 2 is 0.733 bits per heavy atom. The summed E-state index contributed by atoms with van der Waals surface area (Å²) in [6.07, 6.45) is 0.582. The minimum Gasteiger partial charge on any atom is -0.231 e. The lowest BCUT2D eigenvalue weighted by molar-refractivity contribution is -0.442. The zero-order chi connectivity index (χ0) is 32.8. The van der Waals surface area contributed by atoms with E-state index >= 15 is 17.6 Å². The molecule has 0 aromatic carbocycles. The lowest BCUT2D eigenvalue weighted by atomic mass is 9.47. The molecule has 8 aliphatic carbocycles. The summed E-state index contributed by atoms with van der Waals surface area (Å²) in [7, 11) is 0. The molecule has 45 heavy (non-hydrogen) atoms. The van der Waals surface area contributed by atoms with E-state index in [0.717, 1.165) is 38.5 Å². The van der Waals surface area contributed by atoms with Gasteiger partial charge in [-0.05, 0) is 119 Å². The van der Waals surface area contributed by atoms with Gasteiger partial charge in [-0.3, -0.25) is 0 Å². The topological polar surface area (TPSA) is 25.8 Å². The summed E-state index contributed by atoms with van der Waals surface area (Å²) in [5.74, 6) is -38.6. The van der Waals surface area contributed by atoms with Gasteiger partial charge in [-0.15, -0.1) is 0 Å². The molecule has 0 radical (unpaired) electrons. The summed E-state index contributed by atoms with van der Waals surface area (Å²) in [6.45, 7) is 0. The van der Waals surface area contributed by atoms with E-state index in [9.17, 15) is 39.5 Å². The van der Waals surface area contributed by atoms with Crippen molar-refractivity contribution in [2.24, 2.45) is 35.5 Å². The molecule has 0 amide bonds. The molecule has 0 unspecified atom stereocenters. The number of nitrogens with zero attached hydrogens (tertiary/aromatic N) is 2. The molecular weight excluding hydrogens is 635 g/mol. The van der Waals surface area contributed by atoms with Crippen molar-refractivity contribution >= 4 is 0 Å². The quantitative estimate of drug-likeness (QED) is 0.271. The normalized spacial score (nSPS) is 38.3. The highest BCUT2D eigenvalue weighted by molar-refractivity contribution is 5.32. The first-order valence-corrected chi connectivity index (χ1v) is 15.4. The Balaban J connectivity index is 1.36. The fourth-order valence-corrected chi connectivity index (χ4v) is 10.9. The molecule has 8 saturated carbocycles. The third-order valence-corrected chi connectivity index (χ3v) is 12.1. The van der Waals surface area contributed by atoms with Crippen LogP contribution < -0.4 is 0 Å². The van der Waals surface area contributed by atoms with E-state index < -0.39 is 52.4 Å². The predicted octanol–water partition coefficient (Wildman–Crippen LogP) is 9.61. The Kier molecular flexibility index (Phi) is 6.49. The number of hydrogen-bond acceptors (Lipinski definition) is 2. The van der Waals surface area contributed by atoms with Gasteiger partial charge in [-0.25, -0.2) is 9.97 Å².